The number of fused-ring (bicyclic) bond motifs is 1. The molecule has 4 atom stereocenters. The smallest absolute Gasteiger partial charge is 0.408 e. The predicted octanol–water partition coefficient (Wildman–Crippen LogP) is 4.64. The van der Waals surface area contributed by atoms with E-state index >= 15 is 0 Å². The minimum atomic E-state index is -1.22. The fourth-order valence-corrected chi connectivity index (χ4v) is 5.65. The molecule has 1 heterocycles. The topological polar surface area (TPSA) is 156 Å². The Hall–Kier alpha value is -5.29. The number of pyridine rings is 1. The zero-order valence-electron chi connectivity index (χ0n) is 28.7. The highest BCUT2D eigenvalue weighted by Crippen LogP contribution is 2.20. The normalized spacial score (nSPS) is 13.5. The van der Waals surface area contributed by atoms with Crippen LogP contribution in [0.15, 0.2) is 97.2 Å². The van der Waals surface area contributed by atoms with Gasteiger partial charge in [-0.3, -0.25) is 19.4 Å². The molecule has 0 saturated carbocycles. The van der Waals surface area contributed by atoms with Crippen molar-refractivity contribution >= 4 is 34.6 Å². The molecule has 0 aliphatic heterocycles. The van der Waals surface area contributed by atoms with E-state index in [1.807, 2.05) is 86.6 Å². The molecule has 3 aromatic carbocycles. The number of hydrogen-bond donors (Lipinski definition) is 4. The number of carbonyl (C=O) groups excluding carboxylic acids is 4. The minimum absolute atomic E-state index is 0.00531. The lowest BCUT2D eigenvalue weighted by atomic mass is 9.96. The third kappa shape index (κ3) is 11.7. The van der Waals surface area contributed by atoms with Gasteiger partial charge in [-0.2, -0.15) is 0 Å². The Morgan fingerprint density at radius 3 is 2.16 bits per heavy atom. The molecule has 0 aliphatic rings. The Morgan fingerprint density at radius 1 is 0.760 bits per heavy atom. The second-order valence-electron chi connectivity index (χ2n) is 12.5. The number of nitrogens with one attached hydrogen (secondary N) is 3. The van der Waals surface area contributed by atoms with Crippen LogP contribution in [0.4, 0.5) is 4.79 Å². The number of hydrogen-bond acceptors (Lipinski definition) is 8. The van der Waals surface area contributed by atoms with Crippen molar-refractivity contribution in [2.45, 2.75) is 77.3 Å². The van der Waals surface area contributed by atoms with Gasteiger partial charge in [-0.15, -0.1) is 0 Å². The van der Waals surface area contributed by atoms with Gasteiger partial charge in [0.1, 0.15) is 18.7 Å². The summed E-state index contributed by atoms with van der Waals surface area (Å²) in [5.74, 6) is -1.70. The minimum Gasteiger partial charge on any atom is -0.466 e. The number of amides is 3. The zero-order chi connectivity index (χ0) is 35.9. The number of nitrogens with zero attached hydrogens (tertiary/aromatic N) is 1. The second kappa shape index (κ2) is 19.0. The number of benzene rings is 3. The van der Waals surface area contributed by atoms with Crippen LogP contribution in [-0.4, -0.2) is 64.8 Å². The van der Waals surface area contributed by atoms with Gasteiger partial charge in [-0.25, -0.2) is 4.79 Å². The average Bonchev–Trinajstić information content (AvgIpc) is 3.10. The molecule has 264 valence electrons. The van der Waals surface area contributed by atoms with Crippen molar-refractivity contribution in [3.05, 3.63) is 114 Å². The molecule has 0 spiro atoms. The standard InChI is InChI=1S/C39H46N4O7/c1-4-49-36(45)24-35(44)32(21-26(2)3)41-38(47)34(23-30-18-10-11-20-40-30)42-37(46)33(43-39(48)50-25-27-13-6-5-7-14-27)22-29-17-12-16-28-15-8-9-19-31(28)29/h5-20,26,32-35,44H,4,21-25H2,1-3H3,(H,41,47)(H,42,46)(H,43,48)/t32-,33-,34?,35-/m0/s1. The first-order valence-corrected chi connectivity index (χ1v) is 16.9. The molecule has 11 nitrogen and oxygen atoms in total. The Morgan fingerprint density at radius 2 is 1.44 bits per heavy atom. The summed E-state index contributed by atoms with van der Waals surface area (Å²) in [6.45, 7) is 5.71. The first-order valence-electron chi connectivity index (χ1n) is 16.9. The number of carbonyl (C=O) groups is 4. The van der Waals surface area contributed by atoms with E-state index in [2.05, 4.69) is 20.9 Å². The van der Waals surface area contributed by atoms with Gasteiger partial charge in [0.15, 0.2) is 0 Å². The van der Waals surface area contributed by atoms with Gasteiger partial charge in [0.05, 0.1) is 25.2 Å². The summed E-state index contributed by atoms with van der Waals surface area (Å²) in [5.41, 5.74) is 2.14. The van der Waals surface area contributed by atoms with Crippen molar-refractivity contribution in [1.29, 1.82) is 0 Å². The second-order valence-corrected chi connectivity index (χ2v) is 12.5. The quantitative estimate of drug-likeness (QED) is 0.117. The van der Waals surface area contributed by atoms with E-state index in [1.165, 1.54) is 0 Å². The lowest BCUT2D eigenvalue weighted by Crippen LogP contribution is -2.57. The van der Waals surface area contributed by atoms with Gasteiger partial charge in [-0.1, -0.05) is 92.7 Å². The average molecular weight is 683 g/mol. The summed E-state index contributed by atoms with van der Waals surface area (Å²) in [7, 11) is 0. The van der Waals surface area contributed by atoms with Gasteiger partial charge in [0.25, 0.3) is 0 Å². The maximum Gasteiger partial charge on any atom is 0.408 e. The third-order valence-corrected chi connectivity index (χ3v) is 8.10. The summed E-state index contributed by atoms with van der Waals surface area (Å²) in [6.07, 6.45) is -0.212. The van der Waals surface area contributed by atoms with Crippen molar-refractivity contribution < 1.29 is 33.8 Å². The van der Waals surface area contributed by atoms with Crippen molar-refractivity contribution in [1.82, 2.24) is 20.9 Å². The Labute approximate surface area is 292 Å². The fraction of sp³-hybridized carbons (Fsp3) is 0.359. The van der Waals surface area contributed by atoms with Crippen LogP contribution in [-0.2, 0) is 43.3 Å². The molecule has 11 heteroatoms. The van der Waals surface area contributed by atoms with Crippen LogP contribution < -0.4 is 16.0 Å². The van der Waals surface area contributed by atoms with Crippen LogP contribution in [0, 0.1) is 5.92 Å². The maximum absolute atomic E-state index is 14.1. The lowest BCUT2D eigenvalue weighted by molar-refractivity contribution is -0.146. The van der Waals surface area contributed by atoms with E-state index in [9.17, 15) is 24.3 Å². The largest absolute Gasteiger partial charge is 0.466 e. The molecular weight excluding hydrogens is 636 g/mol. The van der Waals surface area contributed by atoms with Crippen LogP contribution in [0.25, 0.3) is 10.8 Å². The highest BCUT2D eigenvalue weighted by molar-refractivity contribution is 5.93. The number of alkyl carbamates (subject to hydrolysis) is 1. The molecule has 1 unspecified atom stereocenters. The van der Waals surface area contributed by atoms with Gasteiger partial charge >= 0.3 is 12.1 Å². The fourth-order valence-electron chi connectivity index (χ4n) is 5.65. The molecule has 4 rings (SSSR count). The van der Waals surface area contributed by atoms with Crippen LogP contribution >= 0.6 is 0 Å². The van der Waals surface area contributed by atoms with Gasteiger partial charge in [-0.05, 0) is 53.3 Å². The van der Waals surface area contributed by atoms with Crippen LogP contribution in [0.5, 0.6) is 0 Å². The number of aromatic nitrogens is 1. The van der Waals surface area contributed by atoms with E-state index < -0.39 is 48.1 Å². The summed E-state index contributed by atoms with van der Waals surface area (Å²) in [6, 6.07) is 24.8. The van der Waals surface area contributed by atoms with E-state index in [-0.39, 0.29) is 38.4 Å². The molecule has 1 aromatic heterocycles. The molecule has 0 aliphatic carbocycles. The van der Waals surface area contributed by atoms with Crippen LogP contribution in [0.1, 0.15) is 50.4 Å². The maximum atomic E-state index is 14.1. The van der Waals surface area contributed by atoms with E-state index in [0.717, 1.165) is 21.9 Å². The SMILES string of the molecule is CCOC(=O)C[C@H](O)[C@H](CC(C)C)NC(=O)C(Cc1ccccn1)NC(=O)[C@H](Cc1cccc2ccccc12)NC(=O)OCc1ccccc1. The van der Waals surface area contributed by atoms with E-state index in [1.54, 1.807) is 31.3 Å². The Balaban J connectivity index is 1.59. The van der Waals surface area contributed by atoms with Crippen molar-refractivity contribution in [3.63, 3.8) is 0 Å². The van der Waals surface area contributed by atoms with Crippen LogP contribution in [0.2, 0.25) is 0 Å². The first kappa shape index (κ1) is 37.5. The molecule has 0 bridgehead atoms. The number of aliphatic hydroxyl groups excluding tert-OH is 1. The molecule has 0 radical (unpaired) electrons. The highest BCUT2D eigenvalue weighted by atomic mass is 16.5. The highest BCUT2D eigenvalue weighted by Gasteiger charge is 2.32. The summed E-state index contributed by atoms with van der Waals surface area (Å²) in [4.78, 5) is 57.7. The Bertz CT molecular complexity index is 1700. The van der Waals surface area contributed by atoms with Crippen molar-refractivity contribution in [2.75, 3.05) is 6.61 Å². The Kier molecular flexibility index (Phi) is 14.3. The van der Waals surface area contributed by atoms with E-state index in [0.29, 0.717) is 12.1 Å². The van der Waals surface area contributed by atoms with Gasteiger partial charge in [0, 0.05) is 24.7 Å². The summed E-state index contributed by atoms with van der Waals surface area (Å²) >= 11 is 0. The summed E-state index contributed by atoms with van der Waals surface area (Å²) in [5, 5.41) is 21.3. The molecule has 0 saturated heterocycles. The van der Waals surface area contributed by atoms with E-state index in [4.69, 9.17) is 9.47 Å². The van der Waals surface area contributed by atoms with Crippen LogP contribution in [0.3, 0.4) is 0 Å². The molecule has 3 amide bonds. The first-order chi connectivity index (χ1) is 24.1. The molecule has 0 fully saturated rings. The van der Waals surface area contributed by atoms with Gasteiger partial charge in [0.2, 0.25) is 11.8 Å². The van der Waals surface area contributed by atoms with Gasteiger partial charge < -0.3 is 30.5 Å². The number of aliphatic hydroxyl groups is 1. The lowest BCUT2D eigenvalue weighted by Gasteiger charge is -2.28. The van der Waals surface area contributed by atoms with Crippen molar-refractivity contribution in [2.24, 2.45) is 5.92 Å². The molecule has 4 aromatic rings. The number of esters is 1. The summed E-state index contributed by atoms with van der Waals surface area (Å²) < 4.78 is 10.5. The number of ether oxygens (including phenoxy) is 2. The molecule has 4 N–H and O–H groups in total. The zero-order valence-corrected chi connectivity index (χ0v) is 28.7. The molecule has 50 heavy (non-hydrogen) atoms. The third-order valence-electron chi connectivity index (χ3n) is 8.10. The number of rotatable bonds is 17. The monoisotopic (exact) mass is 682 g/mol. The molecular formula is C39H46N4O7. The van der Waals surface area contributed by atoms with Crippen molar-refractivity contribution in [3.8, 4) is 0 Å². The predicted molar refractivity (Wildman–Crippen MR) is 190 cm³/mol.